The molecule has 0 spiro atoms. The molecule has 0 saturated heterocycles. The molecule has 0 aliphatic carbocycles. The first-order chi connectivity index (χ1) is 13.6. The van der Waals surface area contributed by atoms with Gasteiger partial charge in [-0.2, -0.15) is 9.67 Å². The number of rotatable bonds is 7. The van der Waals surface area contributed by atoms with E-state index in [1.807, 2.05) is 13.8 Å². The molecular weight excluding hydrogens is 382 g/mol. The molecule has 0 radical (unpaired) electrons. The van der Waals surface area contributed by atoms with Gasteiger partial charge in [-0.1, -0.05) is 5.16 Å². The number of aryl methyl sites for hydroxylation is 2. The molecule has 0 atom stereocenters. The van der Waals surface area contributed by atoms with Crippen molar-refractivity contribution in [2.75, 3.05) is 6.54 Å². The van der Waals surface area contributed by atoms with Crippen LogP contribution < -0.4 is 5.32 Å². The second kappa shape index (κ2) is 7.72. The van der Waals surface area contributed by atoms with Gasteiger partial charge in [0, 0.05) is 17.8 Å². The van der Waals surface area contributed by atoms with E-state index in [2.05, 4.69) is 31.0 Å². The number of tetrazole rings is 1. The van der Waals surface area contributed by atoms with Gasteiger partial charge >= 0.3 is 0 Å². The summed E-state index contributed by atoms with van der Waals surface area (Å²) in [7, 11) is 0. The van der Waals surface area contributed by atoms with Crippen LogP contribution >= 0.6 is 11.3 Å². The van der Waals surface area contributed by atoms with Gasteiger partial charge in [0.05, 0.1) is 11.8 Å². The SMILES string of the molecule is Cc1sc(-n2cnnn2)c(C(=O)NCCCc2nc(-c3ccco3)no2)c1C. The van der Waals surface area contributed by atoms with E-state index in [0.29, 0.717) is 47.4 Å². The number of furan rings is 1. The van der Waals surface area contributed by atoms with Crippen molar-refractivity contribution in [3.05, 3.63) is 46.6 Å². The molecule has 0 saturated carbocycles. The van der Waals surface area contributed by atoms with Crippen molar-refractivity contribution >= 4 is 17.2 Å². The summed E-state index contributed by atoms with van der Waals surface area (Å²) in [6.45, 7) is 4.36. The molecule has 4 heterocycles. The zero-order valence-electron chi connectivity index (χ0n) is 15.2. The van der Waals surface area contributed by atoms with Gasteiger partial charge in [0.2, 0.25) is 11.7 Å². The van der Waals surface area contributed by atoms with E-state index < -0.39 is 0 Å². The van der Waals surface area contributed by atoms with Crippen LogP contribution in [0.5, 0.6) is 0 Å². The van der Waals surface area contributed by atoms with Gasteiger partial charge in [-0.3, -0.25) is 4.79 Å². The molecule has 28 heavy (non-hydrogen) atoms. The van der Waals surface area contributed by atoms with Crippen LogP contribution in [0.3, 0.4) is 0 Å². The summed E-state index contributed by atoms with van der Waals surface area (Å²) in [6.07, 6.45) is 4.25. The lowest BCUT2D eigenvalue weighted by atomic mass is 10.1. The highest BCUT2D eigenvalue weighted by Crippen LogP contribution is 2.30. The summed E-state index contributed by atoms with van der Waals surface area (Å²) < 4.78 is 12.0. The van der Waals surface area contributed by atoms with Gasteiger partial charge in [-0.15, -0.1) is 16.4 Å². The summed E-state index contributed by atoms with van der Waals surface area (Å²) >= 11 is 1.48. The number of nitrogens with zero attached hydrogens (tertiary/aromatic N) is 6. The minimum atomic E-state index is -0.158. The highest BCUT2D eigenvalue weighted by Gasteiger charge is 2.21. The van der Waals surface area contributed by atoms with Crippen LogP contribution in [0.2, 0.25) is 0 Å². The van der Waals surface area contributed by atoms with Crippen molar-refractivity contribution < 1.29 is 13.7 Å². The number of hydrogen-bond donors (Lipinski definition) is 1. The molecule has 11 heteroatoms. The Morgan fingerprint density at radius 3 is 3.00 bits per heavy atom. The summed E-state index contributed by atoms with van der Waals surface area (Å²) in [6, 6.07) is 3.53. The van der Waals surface area contributed by atoms with Crippen LogP contribution in [-0.4, -0.2) is 42.8 Å². The standard InChI is InChI=1S/C17H17N7O3S/c1-10-11(2)28-17(24-9-19-22-23-24)14(10)16(25)18-7-3-6-13-20-15(21-27-13)12-5-4-8-26-12/h4-5,8-9H,3,6-7H2,1-2H3,(H,18,25). The monoisotopic (exact) mass is 399 g/mol. The lowest BCUT2D eigenvalue weighted by molar-refractivity contribution is 0.0952. The Labute approximate surface area is 163 Å². The molecule has 0 fully saturated rings. The van der Waals surface area contributed by atoms with E-state index in [9.17, 15) is 4.79 Å². The molecule has 144 valence electrons. The second-order valence-corrected chi connectivity index (χ2v) is 7.27. The van der Waals surface area contributed by atoms with Crippen LogP contribution in [0, 0.1) is 13.8 Å². The molecule has 4 aromatic rings. The third kappa shape index (κ3) is 3.56. The lowest BCUT2D eigenvalue weighted by Crippen LogP contribution is -2.26. The van der Waals surface area contributed by atoms with E-state index in [-0.39, 0.29) is 5.91 Å². The molecule has 4 rings (SSSR count). The van der Waals surface area contributed by atoms with Crippen molar-refractivity contribution in [3.8, 4) is 16.6 Å². The Morgan fingerprint density at radius 1 is 1.36 bits per heavy atom. The van der Waals surface area contributed by atoms with E-state index in [0.717, 1.165) is 10.4 Å². The van der Waals surface area contributed by atoms with Crippen LogP contribution in [-0.2, 0) is 6.42 Å². The van der Waals surface area contributed by atoms with Crippen LogP contribution in [0.4, 0.5) is 0 Å². The van der Waals surface area contributed by atoms with Crippen molar-refractivity contribution in [1.82, 2.24) is 35.7 Å². The fourth-order valence-corrected chi connectivity index (χ4v) is 3.75. The number of aromatic nitrogens is 6. The predicted molar refractivity (Wildman–Crippen MR) is 99.2 cm³/mol. The Balaban J connectivity index is 1.35. The molecule has 0 aliphatic heterocycles. The maximum atomic E-state index is 12.7. The highest BCUT2D eigenvalue weighted by atomic mass is 32.1. The summed E-state index contributed by atoms with van der Waals surface area (Å²) in [5, 5.41) is 18.7. The van der Waals surface area contributed by atoms with Crippen LogP contribution in [0.15, 0.2) is 33.7 Å². The van der Waals surface area contributed by atoms with E-state index in [1.165, 1.54) is 22.3 Å². The van der Waals surface area contributed by atoms with Crippen LogP contribution in [0.25, 0.3) is 16.6 Å². The third-order valence-corrected chi connectivity index (χ3v) is 5.41. The first kappa shape index (κ1) is 18.0. The first-order valence-corrected chi connectivity index (χ1v) is 9.43. The Morgan fingerprint density at radius 2 is 2.25 bits per heavy atom. The maximum absolute atomic E-state index is 12.7. The fourth-order valence-electron chi connectivity index (χ4n) is 2.68. The van der Waals surface area contributed by atoms with Crippen LogP contribution in [0.1, 0.15) is 33.1 Å². The van der Waals surface area contributed by atoms with Gasteiger partial charge in [0.15, 0.2) is 5.76 Å². The maximum Gasteiger partial charge on any atom is 0.254 e. The number of nitrogens with one attached hydrogen (secondary N) is 1. The second-order valence-electron chi connectivity index (χ2n) is 6.07. The topological polar surface area (TPSA) is 125 Å². The molecule has 0 aliphatic rings. The van der Waals surface area contributed by atoms with Crippen molar-refractivity contribution in [2.45, 2.75) is 26.7 Å². The van der Waals surface area contributed by atoms with Gasteiger partial charge in [-0.05, 0) is 48.4 Å². The van der Waals surface area contributed by atoms with Gasteiger partial charge < -0.3 is 14.3 Å². The fraction of sp³-hybridized carbons (Fsp3) is 0.294. The molecule has 0 aromatic carbocycles. The first-order valence-electron chi connectivity index (χ1n) is 8.61. The minimum Gasteiger partial charge on any atom is -0.461 e. The molecule has 1 amide bonds. The average Bonchev–Trinajstić information content (AvgIpc) is 3.46. The average molecular weight is 399 g/mol. The number of hydrogen-bond acceptors (Lipinski definition) is 9. The smallest absolute Gasteiger partial charge is 0.254 e. The Kier molecular flexibility index (Phi) is 4.98. The Bertz CT molecular complexity index is 1070. The molecule has 0 unspecified atom stereocenters. The summed E-state index contributed by atoms with van der Waals surface area (Å²) in [4.78, 5) is 18.0. The number of carbonyl (C=O) groups excluding carboxylic acids is 1. The van der Waals surface area contributed by atoms with Gasteiger partial charge in [0.25, 0.3) is 5.91 Å². The van der Waals surface area contributed by atoms with Gasteiger partial charge in [0.1, 0.15) is 11.3 Å². The van der Waals surface area contributed by atoms with Crippen molar-refractivity contribution in [3.63, 3.8) is 0 Å². The van der Waals surface area contributed by atoms with Crippen molar-refractivity contribution in [2.24, 2.45) is 0 Å². The highest BCUT2D eigenvalue weighted by molar-refractivity contribution is 7.15. The molecular formula is C17H17N7O3S. The van der Waals surface area contributed by atoms with E-state index in [1.54, 1.807) is 18.4 Å². The number of carbonyl (C=O) groups is 1. The van der Waals surface area contributed by atoms with E-state index >= 15 is 0 Å². The quantitative estimate of drug-likeness (QED) is 0.470. The number of thiophene rings is 1. The lowest BCUT2D eigenvalue weighted by Gasteiger charge is -2.06. The molecule has 4 aromatic heterocycles. The minimum absolute atomic E-state index is 0.158. The number of amides is 1. The Hall–Kier alpha value is -3.34. The molecule has 1 N–H and O–H groups in total. The zero-order valence-corrected chi connectivity index (χ0v) is 16.1. The van der Waals surface area contributed by atoms with Crippen molar-refractivity contribution in [1.29, 1.82) is 0 Å². The molecule has 0 bridgehead atoms. The zero-order chi connectivity index (χ0) is 19.5. The predicted octanol–water partition coefficient (Wildman–Crippen LogP) is 2.35. The summed E-state index contributed by atoms with van der Waals surface area (Å²) in [5.74, 6) is 1.31. The largest absolute Gasteiger partial charge is 0.461 e. The molecule has 10 nitrogen and oxygen atoms in total. The van der Waals surface area contributed by atoms with Gasteiger partial charge in [-0.25, -0.2) is 0 Å². The third-order valence-electron chi connectivity index (χ3n) is 4.21. The normalized spacial score (nSPS) is 11.1. The summed E-state index contributed by atoms with van der Waals surface area (Å²) in [5.41, 5.74) is 1.51. The van der Waals surface area contributed by atoms with E-state index in [4.69, 9.17) is 8.94 Å².